The zero-order chi connectivity index (χ0) is 12.3. The van der Waals surface area contributed by atoms with Gasteiger partial charge in [-0.05, 0) is 24.3 Å². The van der Waals surface area contributed by atoms with Gasteiger partial charge in [-0.25, -0.2) is 4.98 Å². The van der Waals surface area contributed by atoms with Gasteiger partial charge in [-0.2, -0.15) is 4.98 Å². The van der Waals surface area contributed by atoms with E-state index >= 15 is 0 Å². The Kier molecular flexibility index (Phi) is 3.43. The van der Waals surface area contributed by atoms with E-state index in [1.165, 1.54) is 0 Å². The number of rotatable bonds is 3. The molecule has 0 aliphatic rings. The Hall–Kier alpha value is -1.82. The molecule has 0 unspecified atom stereocenters. The van der Waals surface area contributed by atoms with Crippen LogP contribution in [0.4, 0.5) is 17.5 Å². The molecule has 0 aliphatic carbocycles. The second-order valence-corrected chi connectivity index (χ2v) is 4.19. The number of methoxy groups -OCH3 is 1. The van der Waals surface area contributed by atoms with Crippen LogP contribution in [0.3, 0.4) is 0 Å². The van der Waals surface area contributed by atoms with Gasteiger partial charge in [-0.15, -0.1) is 0 Å². The third-order valence-electron chi connectivity index (χ3n) is 2.09. The monoisotopic (exact) mass is 294 g/mol. The molecule has 3 N–H and O–H groups in total. The molecule has 0 radical (unpaired) electrons. The van der Waals surface area contributed by atoms with Crippen molar-refractivity contribution in [1.82, 2.24) is 9.97 Å². The maximum Gasteiger partial charge on any atom is 0.229 e. The second-order valence-electron chi connectivity index (χ2n) is 3.27. The molecule has 0 bridgehead atoms. The van der Waals surface area contributed by atoms with E-state index < -0.39 is 0 Å². The lowest BCUT2D eigenvalue weighted by atomic mass is 10.3. The first-order valence-electron chi connectivity index (χ1n) is 4.88. The van der Waals surface area contributed by atoms with Crippen LogP contribution in [-0.4, -0.2) is 17.1 Å². The standard InChI is InChI=1S/C11H11BrN4O/c1-17-9-3-2-7(12)6-8(9)15-11-14-5-4-10(13)16-11/h2-6H,1H3,(H3,13,14,15,16). The van der Waals surface area contributed by atoms with Crippen molar-refractivity contribution >= 4 is 33.4 Å². The highest BCUT2D eigenvalue weighted by Gasteiger charge is 2.05. The minimum atomic E-state index is 0.413. The summed E-state index contributed by atoms with van der Waals surface area (Å²) in [5, 5.41) is 3.05. The third-order valence-corrected chi connectivity index (χ3v) is 2.58. The Morgan fingerprint density at radius 2 is 2.18 bits per heavy atom. The lowest BCUT2D eigenvalue weighted by Gasteiger charge is -2.10. The van der Waals surface area contributed by atoms with Crippen LogP contribution < -0.4 is 15.8 Å². The van der Waals surface area contributed by atoms with Crippen LogP contribution in [0.25, 0.3) is 0 Å². The zero-order valence-corrected chi connectivity index (χ0v) is 10.7. The minimum Gasteiger partial charge on any atom is -0.495 e. The summed E-state index contributed by atoms with van der Waals surface area (Å²) in [6.07, 6.45) is 1.59. The quantitative estimate of drug-likeness (QED) is 0.910. The first-order valence-corrected chi connectivity index (χ1v) is 5.67. The molecule has 1 aromatic heterocycles. The van der Waals surface area contributed by atoms with Gasteiger partial charge in [0.2, 0.25) is 5.95 Å². The van der Waals surface area contributed by atoms with E-state index in [-0.39, 0.29) is 0 Å². The number of hydrogen-bond donors (Lipinski definition) is 2. The van der Waals surface area contributed by atoms with Gasteiger partial charge in [0.1, 0.15) is 11.6 Å². The number of hydrogen-bond acceptors (Lipinski definition) is 5. The van der Waals surface area contributed by atoms with Gasteiger partial charge < -0.3 is 15.8 Å². The first kappa shape index (κ1) is 11.7. The van der Waals surface area contributed by atoms with Crippen molar-refractivity contribution in [1.29, 1.82) is 0 Å². The number of nitrogens with one attached hydrogen (secondary N) is 1. The molecule has 17 heavy (non-hydrogen) atoms. The SMILES string of the molecule is COc1ccc(Br)cc1Nc1nccc(N)n1. The van der Waals surface area contributed by atoms with E-state index in [4.69, 9.17) is 10.5 Å². The lowest BCUT2D eigenvalue weighted by Crippen LogP contribution is -2.01. The Balaban J connectivity index is 2.32. The molecule has 0 atom stereocenters. The molecular formula is C11H11BrN4O. The Morgan fingerprint density at radius 1 is 1.35 bits per heavy atom. The number of nitrogen functional groups attached to an aromatic ring is 1. The van der Waals surface area contributed by atoms with Crippen molar-refractivity contribution < 1.29 is 4.74 Å². The molecule has 6 heteroatoms. The van der Waals surface area contributed by atoms with E-state index in [0.29, 0.717) is 17.5 Å². The molecule has 5 nitrogen and oxygen atoms in total. The van der Waals surface area contributed by atoms with Crippen LogP contribution in [0.1, 0.15) is 0 Å². The molecule has 0 aliphatic heterocycles. The van der Waals surface area contributed by atoms with Crippen molar-refractivity contribution in [2.24, 2.45) is 0 Å². The topological polar surface area (TPSA) is 73.1 Å². The van der Waals surface area contributed by atoms with Crippen LogP contribution in [0.2, 0.25) is 0 Å². The van der Waals surface area contributed by atoms with E-state index in [9.17, 15) is 0 Å². The van der Waals surface area contributed by atoms with Crippen molar-refractivity contribution in [2.75, 3.05) is 18.2 Å². The molecule has 0 amide bonds. The van der Waals surface area contributed by atoms with Gasteiger partial charge in [0.05, 0.1) is 12.8 Å². The highest BCUT2D eigenvalue weighted by atomic mass is 79.9. The van der Waals surface area contributed by atoms with Gasteiger partial charge in [0.15, 0.2) is 0 Å². The number of benzene rings is 1. The summed E-state index contributed by atoms with van der Waals surface area (Å²) in [5.74, 6) is 1.55. The van der Waals surface area contributed by atoms with Crippen molar-refractivity contribution in [3.05, 3.63) is 34.9 Å². The summed E-state index contributed by atoms with van der Waals surface area (Å²) in [4.78, 5) is 8.13. The molecule has 0 spiro atoms. The fraction of sp³-hybridized carbons (Fsp3) is 0.0909. The summed E-state index contributed by atoms with van der Waals surface area (Å²) in [7, 11) is 1.61. The number of aromatic nitrogens is 2. The molecule has 0 saturated heterocycles. The second kappa shape index (κ2) is 5.01. The molecule has 0 saturated carbocycles. The maximum absolute atomic E-state index is 5.58. The maximum atomic E-state index is 5.58. The molecular weight excluding hydrogens is 284 g/mol. The number of halogens is 1. The van der Waals surface area contributed by atoms with E-state index in [1.54, 1.807) is 19.4 Å². The smallest absolute Gasteiger partial charge is 0.229 e. The predicted molar refractivity (Wildman–Crippen MR) is 70.4 cm³/mol. The fourth-order valence-electron chi connectivity index (χ4n) is 1.33. The van der Waals surface area contributed by atoms with Crippen molar-refractivity contribution in [3.8, 4) is 5.75 Å². The van der Waals surface area contributed by atoms with Crippen LogP contribution >= 0.6 is 15.9 Å². The minimum absolute atomic E-state index is 0.413. The molecule has 1 aromatic carbocycles. The number of nitrogens with two attached hydrogens (primary N) is 1. The molecule has 2 rings (SSSR count). The highest BCUT2D eigenvalue weighted by molar-refractivity contribution is 9.10. The summed E-state index contributed by atoms with van der Waals surface area (Å²) in [6.45, 7) is 0. The largest absolute Gasteiger partial charge is 0.495 e. The Morgan fingerprint density at radius 3 is 2.88 bits per heavy atom. The average Bonchev–Trinajstić information content (AvgIpc) is 2.29. The van der Waals surface area contributed by atoms with E-state index in [1.807, 2.05) is 18.2 Å². The van der Waals surface area contributed by atoms with Gasteiger partial charge in [-0.3, -0.25) is 0 Å². The lowest BCUT2D eigenvalue weighted by molar-refractivity contribution is 0.416. The first-order chi connectivity index (χ1) is 8.19. The average molecular weight is 295 g/mol. The summed E-state index contributed by atoms with van der Waals surface area (Å²) in [6, 6.07) is 7.25. The van der Waals surface area contributed by atoms with Gasteiger partial charge in [0.25, 0.3) is 0 Å². The predicted octanol–water partition coefficient (Wildman–Crippen LogP) is 2.57. The number of ether oxygens (including phenoxy) is 1. The third kappa shape index (κ3) is 2.85. The summed E-state index contributed by atoms with van der Waals surface area (Å²) in [5.41, 5.74) is 6.35. The molecule has 0 fully saturated rings. The normalized spacial score (nSPS) is 10.0. The highest BCUT2D eigenvalue weighted by Crippen LogP contribution is 2.29. The fourth-order valence-corrected chi connectivity index (χ4v) is 1.69. The van der Waals surface area contributed by atoms with Gasteiger partial charge in [-0.1, -0.05) is 15.9 Å². The Bertz CT molecular complexity index is 533. The van der Waals surface area contributed by atoms with Crippen LogP contribution in [0, 0.1) is 0 Å². The number of nitrogens with zero attached hydrogens (tertiary/aromatic N) is 2. The Labute approximate surface area is 107 Å². The van der Waals surface area contributed by atoms with Crippen molar-refractivity contribution in [2.45, 2.75) is 0 Å². The summed E-state index contributed by atoms with van der Waals surface area (Å²) >= 11 is 3.39. The van der Waals surface area contributed by atoms with E-state index in [2.05, 4.69) is 31.2 Å². The van der Waals surface area contributed by atoms with Crippen LogP contribution in [-0.2, 0) is 0 Å². The van der Waals surface area contributed by atoms with Crippen LogP contribution in [0.15, 0.2) is 34.9 Å². The zero-order valence-electron chi connectivity index (χ0n) is 9.14. The van der Waals surface area contributed by atoms with E-state index in [0.717, 1.165) is 10.2 Å². The van der Waals surface area contributed by atoms with Gasteiger partial charge in [0, 0.05) is 10.7 Å². The molecule has 88 valence electrons. The summed E-state index contributed by atoms with van der Waals surface area (Å²) < 4.78 is 6.17. The van der Waals surface area contributed by atoms with Crippen molar-refractivity contribution in [3.63, 3.8) is 0 Å². The molecule has 1 heterocycles. The van der Waals surface area contributed by atoms with Crippen LogP contribution in [0.5, 0.6) is 5.75 Å². The molecule has 2 aromatic rings. The van der Waals surface area contributed by atoms with Gasteiger partial charge >= 0.3 is 0 Å². The number of anilines is 3.